The van der Waals surface area contributed by atoms with E-state index in [2.05, 4.69) is 49.2 Å². The van der Waals surface area contributed by atoms with Crippen LogP contribution in [0.1, 0.15) is 30.1 Å². The van der Waals surface area contributed by atoms with E-state index in [1.54, 1.807) is 11.3 Å². The zero-order valence-corrected chi connectivity index (χ0v) is 12.4. The highest BCUT2D eigenvalue weighted by Gasteiger charge is 2.20. The molecule has 0 aliphatic carbocycles. The first-order valence-corrected chi connectivity index (χ1v) is 7.36. The molecule has 5 heteroatoms. The van der Waals surface area contributed by atoms with Crippen LogP contribution >= 0.6 is 27.3 Å². The van der Waals surface area contributed by atoms with Crippen LogP contribution in [-0.4, -0.2) is 16.6 Å². The summed E-state index contributed by atoms with van der Waals surface area (Å²) in [4.78, 5) is 5.76. The van der Waals surface area contributed by atoms with Gasteiger partial charge in [0.25, 0.3) is 0 Å². The lowest BCUT2D eigenvalue weighted by molar-refractivity contribution is 0.572. The molecular weight excluding hydrogens is 298 g/mol. The average molecular weight is 314 g/mol. The molecule has 0 amide bonds. The minimum absolute atomic E-state index is 0.158. The van der Waals surface area contributed by atoms with E-state index in [-0.39, 0.29) is 6.04 Å². The third kappa shape index (κ3) is 2.61. The van der Waals surface area contributed by atoms with Crippen LogP contribution in [-0.2, 0) is 6.54 Å². The third-order valence-corrected chi connectivity index (χ3v) is 4.60. The van der Waals surface area contributed by atoms with Crippen molar-refractivity contribution < 1.29 is 0 Å². The van der Waals surface area contributed by atoms with Gasteiger partial charge in [0.15, 0.2) is 0 Å². The zero-order chi connectivity index (χ0) is 12.3. The van der Waals surface area contributed by atoms with Gasteiger partial charge in [-0.15, -0.1) is 11.3 Å². The Labute approximate surface area is 114 Å². The van der Waals surface area contributed by atoms with E-state index in [9.17, 15) is 0 Å². The van der Waals surface area contributed by atoms with Gasteiger partial charge in [0, 0.05) is 28.3 Å². The van der Waals surface area contributed by atoms with Crippen LogP contribution in [0.3, 0.4) is 0 Å². The van der Waals surface area contributed by atoms with Crippen LogP contribution in [0.15, 0.2) is 28.3 Å². The van der Waals surface area contributed by atoms with E-state index in [4.69, 9.17) is 0 Å². The first-order valence-electron chi connectivity index (χ1n) is 5.69. The Hall–Kier alpha value is -0.650. The molecule has 1 N–H and O–H groups in total. The molecule has 1 unspecified atom stereocenters. The van der Waals surface area contributed by atoms with Crippen LogP contribution in [0, 0.1) is 0 Å². The van der Waals surface area contributed by atoms with Gasteiger partial charge in [0.1, 0.15) is 11.9 Å². The lowest BCUT2D eigenvalue weighted by Gasteiger charge is -2.16. The molecule has 2 aromatic heterocycles. The molecule has 0 aromatic carbocycles. The number of aromatic nitrogens is 2. The van der Waals surface area contributed by atoms with Crippen molar-refractivity contribution >= 4 is 27.3 Å². The van der Waals surface area contributed by atoms with Crippen molar-refractivity contribution in [1.29, 1.82) is 0 Å². The van der Waals surface area contributed by atoms with Crippen molar-refractivity contribution in [2.24, 2.45) is 0 Å². The van der Waals surface area contributed by atoms with Crippen molar-refractivity contribution in [3.8, 4) is 0 Å². The normalized spacial score (nSPS) is 12.9. The van der Waals surface area contributed by atoms with Crippen molar-refractivity contribution in [2.75, 3.05) is 7.05 Å². The molecule has 0 bridgehead atoms. The molecule has 0 aliphatic heterocycles. The molecule has 17 heavy (non-hydrogen) atoms. The molecule has 0 spiro atoms. The van der Waals surface area contributed by atoms with Gasteiger partial charge in [-0.05, 0) is 40.8 Å². The number of aryl methyl sites for hydroxylation is 1. The van der Waals surface area contributed by atoms with Crippen LogP contribution in [0.5, 0.6) is 0 Å². The second kappa shape index (κ2) is 5.80. The Bertz CT molecular complexity index is 478. The molecule has 0 radical (unpaired) electrons. The van der Waals surface area contributed by atoms with Gasteiger partial charge >= 0.3 is 0 Å². The SMILES string of the molecule is CCCn1ccnc1C(NC)c1sccc1Br. The molecule has 2 heterocycles. The molecule has 92 valence electrons. The van der Waals surface area contributed by atoms with E-state index in [0.717, 1.165) is 23.3 Å². The number of imidazole rings is 1. The lowest BCUT2D eigenvalue weighted by Crippen LogP contribution is -2.21. The van der Waals surface area contributed by atoms with Crippen LogP contribution in [0.4, 0.5) is 0 Å². The predicted octanol–water partition coefficient (Wildman–Crippen LogP) is 3.43. The molecule has 0 aliphatic rings. The minimum atomic E-state index is 0.158. The molecule has 2 aromatic rings. The Morgan fingerprint density at radius 2 is 2.41 bits per heavy atom. The first-order chi connectivity index (χ1) is 8.27. The number of rotatable bonds is 5. The monoisotopic (exact) mass is 313 g/mol. The topological polar surface area (TPSA) is 29.9 Å². The maximum absolute atomic E-state index is 4.49. The highest BCUT2D eigenvalue weighted by atomic mass is 79.9. The molecule has 0 fully saturated rings. The lowest BCUT2D eigenvalue weighted by atomic mass is 10.2. The van der Waals surface area contributed by atoms with E-state index in [0.29, 0.717) is 0 Å². The zero-order valence-electron chi connectivity index (χ0n) is 9.98. The summed E-state index contributed by atoms with van der Waals surface area (Å²) in [6.45, 7) is 3.19. The Morgan fingerprint density at radius 3 is 3.00 bits per heavy atom. The van der Waals surface area contributed by atoms with Crippen molar-refractivity contribution in [2.45, 2.75) is 25.9 Å². The molecular formula is C12H16BrN3S. The van der Waals surface area contributed by atoms with Gasteiger partial charge in [-0.3, -0.25) is 0 Å². The summed E-state index contributed by atoms with van der Waals surface area (Å²) in [6.07, 6.45) is 5.03. The number of hydrogen-bond acceptors (Lipinski definition) is 3. The quantitative estimate of drug-likeness (QED) is 0.916. The highest BCUT2D eigenvalue weighted by Crippen LogP contribution is 2.32. The van der Waals surface area contributed by atoms with Gasteiger partial charge < -0.3 is 9.88 Å². The maximum Gasteiger partial charge on any atom is 0.131 e. The van der Waals surface area contributed by atoms with E-state index >= 15 is 0 Å². The number of nitrogens with one attached hydrogen (secondary N) is 1. The fourth-order valence-corrected chi connectivity index (χ4v) is 3.61. The summed E-state index contributed by atoms with van der Waals surface area (Å²) in [6, 6.07) is 2.24. The molecule has 1 atom stereocenters. The predicted molar refractivity (Wildman–Crippen MR) is 75.4 cm³/mol. The Morgan fingerprint density at radius 1 is 1.59 bits per heavy atom. The second-order valence-electron chi connectivity index (χ2n) is 3.83. The summed E-state index contributed by atoms with van der Waals surface area (Å²) >= 11 is 5.33. The first kappa shape index (κ1) is 12.8. The smallest absolute Gasteiger partial charge is 0.131 e. The number of hydrogen-bond donors (Lipinski definition) is 1. The summed E-state index contributed by atoms with van der Waals surface area (Å²) < 4.78 is 3.36. The van der Waals surface area contributed by atoms with Gasteiger partial charge in [-0.25, -0.2) is 4.98 Å². The van der Waals surface area contributed by atoms with Crippen molar-refractivity contribution in [3.05, 3.63) is 39.0 Å². The van der Waals surface area contributed by atoms with Gasteiger partial charge in [0.05, 0.1) is 0 Å². The molecule has 0 saturated carbocycles. The maximum atomic E-state index is 4.49. The van der Waals surface area contributed by atoms with Crippen molar-refractivity contribution in [1.82, 2.24) is 14.9 Å². The highest BCUT2D eigenvalue weighted by molar-refractivity contribution is 9.10. The van der Waals surface area contributed by atoms with Gasteiger partial charge in [-0.2, -0.15) is 0 Å². The summed E-state index contributed by atoms with van der Waals surface area (Å²) in [5.41, 5.74) is 0. The van der Waals surface area contributed by atoms with E-state index < -0.39 is 0 Å². The second-order valence-corrected chi connectivity index (χ2v) is 5.64. The van der Waals surface area contributed by atoms with E-state index in [1.165, 1.54) is 4.88 Å². The molecule has 3 nitrogen and oxygen atoms in total. The molecule has 2 rings (SSSR count). The van der Waals surface area contributed by atoms with E-state index in [1.807, 2.05) is 19.4 Å². The van der Waals surface area contributed by atoms with Crippen LogP contribution < -0.4 is 5.32 Å². The largest absolute Gasteiger partial charge is 0.333 e. The van der Waals surface area contributed by atoms with Crippen LogP contribution in [0.25, 0.3) is 0 Å². The van der Waals surface area contributed by atoms with Crippen LogP contribution in [0.2, 0.25) is 0 Å². The fraction of sp³-hybridized carbons (Fsp3) is 0.417. The van der Waals surface area contributed by atoms with Gasteiger partial charge in [0.2, 0.25) is 0 Å². The van der Waals surface area contributed by atoms with Gasteiger partial charge in [-0.1, -0.05) is 6.92 Å². The number of thiophene rings is 1. The number of halogens is 1. The molecule has 0 saturated heterocycles. The number of nitrogens with zero attached hydrogens (tertiary/aromatic N) is 2. The average Bonchev–Trinajstić information content (AvgIpc) is 2.92. The Balaban J connectivity index is 2.35. The summed E-state index contributed by atoms with van der Waals surface area (Å²) in [7, 11) is 1.97. The third-order valence-electron chi connectivity index (χ3n) is 2.67. The standard InChI is InChI=1S/C12H16BrN3S/c1-3-6-16-7-5-15-12(16)10(14-2)11-9(13)4-8-17-11/h4-5,7-8,10,14H,3,6H2,1-2H3. The minimum Gasteiger partial charge on any atom is -0.333 e. The summed E-state index contributed by atoms with van der Waals surface area (Å²) in [5, 5.41) is 5.44. The summed E-state index contributed by atoms with van der Waals surface area (Å²) in [5.74, 6) is 1.08. The fourth-order valence-electron chi connectivity index (χ4n) is 1.90. The Kier molecular flexibility index (Phi) is 4.36. The van der Waals surface area contributed by atoms with Crippen molar-refractivity contribution in [3.63, 3.8) is 0 Å².